The molecular formula is C25H32ClFN6O4. The lowest BCUT2D eigenvalue weighted by atomic mass is 9.84. The SMILES string of the molecule is [C-]#[N+][C@]1(CC)/C(=C/F)[C@@H](n2cnc3c(Cl)nc(N(C(=O)OC(C)(C)C)C(=O)OC(C)(C)C)nc32)C[C@@H]1C. The molecule has 3 rings (SSSR count). The van der Waals surface area contributed by atoms with Crippen molar-refractivity contribution in [3.63, 3.8) is 0 Å². The Kier molecular flexibility index (Phi) is 7.57. The van der Waals surface area contributed by atoms with Gasteiger partial charge < -0.3 is 18.9 Å². The van der Waals surface area contributed by atoms with Gasteiger partial charge in [-0.1, -0.05) is 25.4 Å². The van der Waals surface area contributed by atoms with E-state index in [2.05, 4.69) is 19.8 Å². The molecule has 0 aromatic carbocycles. The van der Waals surface area contributed by atoms with Crippen LogP contribution in [-0.4, -0.2) is 48.4 Å². The zero-order valence-electron chi connectivity index (χ0n) is 22.3. The Labute approximate surface area is 220 Å². The van der Waals surface area contributed by atoms with Crippen molar-refractivity contribution in [1.29, 1.82) is 0 Å². The zero-order valence-corrected chi connectivity index (χ0v) is 23.1. The van der Waals surface area contributed by atoms with Crippen molar-refractivity contribution in [3.8, 4) is 0 Å². The molecule has 1 aliphatic carbocycles. The Morgan fingerprint density at radius 1 is 1.24 bits per heavy atom. The van der Waals surface area contributed by atoms with E-state index in [9.17, 15) is 14.0 Å². The number of fused-ring (bicyclic) bond motifs is 1. The van der Waals surface area contributed by atoms with Crippen molar-refractivity contribution >= 4 is 40.9 Å². The van der Waals surface area contributed by atoms with Crippen molar-refractivity contribution in [2.24, 2.45) is 5.92 Å². The first-order chi connectivity index (χ1) is 17.1. The number of amides is 2. The summed E-state index contributed by atoms with van der Waals surface area (Å²) >= 11 is 6.42. The molecule has 37 heavy (non-hydrogen) atoms. The van der Waals surface area contributed by atoms with Gasteiger partial charge in [0.1, 0.15) is 16.7 Å². The summed E-state index contributed by atoms with van der Waals surface area (Å²) in [5.41, 5.74) is -2.20. The third-order valence-electron chi connectivity index (χ3n) is 6.16. The second kappa shape index (κ2) is 9.89. The number of anilines is 1. The molecule has 2 aromatic rings. The molecule has 1 saturated carbocycles. The fourth-order valence-electron chi connectivity index (χ4n) is 4.52. The van der Waals surface area contributed by atoms with E-state index in [1.807, 2.05) is 13.8 Å². The van der Waals surface area contributed by atoms with E-state index in [1.54, 1.807) is 46.1 Å². The molecule has 2 heterocycles. The maximum absolute atomic E-state index is 14.3. The molecule has 3 atom stereocenters. The van der Waals surface area contributed by atoms with E-state index < -0.39 is 35.0 Å². The molecule has 0 spiro atoms. The number of aromatic nitrogens is 4. The highest BCUT2D eigenvalue weighted by Crippen LogP contribution is 2.51. The van der Waals surface area contributed by atoms with Gasteiger partial charge in [-0.2, -0.15) is 9.97 Å². The molecule has 2 amide bonds. The van der Waals surface area contributed by atoms with Gasteiger partial charge in [0.2, 0.25) is 5.95 Å². The molecule has 1 fully saturated rings. The Morgan fingerprint density at radius 3 is 2.27 bits per heavy atom. The van der Waals surface area contributed by atoms with Crippen LogP contribution in [0.25, 0.3) is 16.0 Å². The van der Waals surface area contributed by atoms with Crippen LogP contribution in [0.15, 0.2) is 18.2 Å². The predicted octanol–water partition coefficient (Wildman–Crippen LogP) is 6.66. The van der Waals surface area contributed by atoms with E-state index in [0.29, 0.717) is 29.6 Å². The number of carbonyl (C=O) groups excluding carboxylic acids is 2. The number of imide groups is 1. The quantitative estimate of drug-likeness (QED) is 0.320. The monoisotopic (exact) mass is 534 g/mol. The Bertz CT molecular complexity index is 1260. The topological polar surface area (TPSA) is 104 Å². The molecule has 0 unspecified atom stereocenters. The first-order valence-corrected chi connectivity index (χ1v) is 12.3. The number of nitrogens with zero attached hydrogens (tertiary/aromatic N) is 6. The van der Waals surface area contributed by atoms with Crippen LogP contribution >= 0.6 is 11.6 Å². The number of carbonyl (C=O) groups is 2. The van der Waals surface area contributed by atoms with Crippen LogP contribution in [0.1, 0.15) is 74.3 Å². The molecule has 0 aliphatic heterocycles. The van der Waals surface area contributed by atoms with Crippen LogP contribution in [0.4, 0.5) is 19.9 Å². The van der Waals surface area contributed by atoms with Gasteiger partial charge in [0.25, 0.3) is 5.54 Å². The zero-order chi connectivity index (χ0) is 27.9. The summed E-state index contributed by atoms with van der Waals surface area (Å²) in [6, 6.07) is -0.575. The molecule has 200 valence electrons. The molecule has 2 aromatic heterocycles. The fourth-order valence-corrected chi connectivity index (χ4v) is 4.73. The van der Waals surface area contributed by atoms with Gasteiger partial charge in [0, 0.05) is 12.3 Å². The summed E-state index contributed by atoms with van der Waals surface area (Å²) in [4.78, 5) is 43.4. The van der Waals surface area contributed by atoms with Gasteiger partial charge in [-0.15, -0.1) is 4.90 Å². The summed E-state index contributed by atoms with van der Waals surface area (Å²) < 4.78 is 26.7. The minimum absolute atomic E-state index is 0.125. The summed E-state index contributed by atoms with van der Waals surface area (Å²) in [7, 11) is 0. The second-order valence-electron chi connectivity index (χ2n) is 11.0. The van der Waals surface area contributed by atoms with Crippen LogP contribution in [0.2, 0.25) is 5.15 Å². The third-order valence-corrected chi connectivity index (χ3v) is 6.43. The van der Waals surface area contributed by atoms with Crippen LogP contribution < -0.4 is 4.90 Å². The Morgan fingerprint density at radius 2 is 1.81 bits per heavy atom. The highest BCUT2D eigenvalue weighted by Gasteiger charge is 2.55. The largest absolute Gasteiger partial charge is 0.443 e. The second-order valence-corrected chi connectivity index (χ2v) is 11.4. The van der Waals surface area contributed by atoms with Crippen molar-refractivity contribution in [2.75, 3.05) is 4.90 Å². The molecule has 0 radical (unpaired) electrons. The minimum atomic E-state index is -1.06. The summed E-state index contributed by atoms with van der Waals surface area (Å²) in [6.07, 6.45) is 0.703. The van der Waals surface area contributed by atoms with Crippen LogP contribution in [0.3, 0.4) is 0 Å². The van der Waals surface area contributed by atoms with Gasteiger partial charge in [-0.25, -0.2) is 25.5 Å². The molecule has 12 heteroatoms. The normalized spacial score (nSPS) is 23.2. The van der Waals surface area contributed by atoms with Crippen LogP contribution in [-0.2, 0) is 9.47 Å². The van der Waals surface area contributed by atoms with Gasteiger partial charge >= 0.3 is 12.2 Å². The van der Waals surface area contributed by atoms with Crippen LogP contribution in [0, 0.1) is 12.5 Å². The smallest absolute Gasteiger partial charge is 0.427 e. The molecule has 0 N–H and O–H groups in total. The lowest BCUT2D eigenvalue weighted by molar-refractivity contribution is 0.0427. The van der Waals surface area contributed by atoms with Crippen molar-refractivity contribution in [2.45, 2.75) is 91.0 Å². The predicted molar refractivity (Wildman–Crippen MR) is 137 cm³/mol. The average Bonchev–Trinajstić information content (AvgIpc) is 3.29. The summed E-state index contributed by atoms with van der Waals surface area (Å²) in [5, 5.41) is -0.125. The maximum atomic E-state index is 14.3. The van der Waals surface area contributed by atoms with Crippen molar-refractivity contribution < 1.29 is 23.5 Å². The molecule has 1 aliphatic rings. The first-order valence-electron chi connectivity index (χ1n) is 11.9. The van der Waals surface area contributed by atoms with E-state index in [0.717, 1.165) is 0 Å². The van der Waals surface area contributed by atoms with E-state index >= 15 is 0 Å². The van der Waals surface area contributed by atoms with Crippen molar-refractivity contribution in [3.05, 3.63) is 34.8 Å². The van der Waals surface area contributed by atoms with Gasteiger partial charge in [0.05, 0.1) is 24.3 Å². The highest BCUT2D eigenvalue weighted by atomic mass is 35.5. The Balaban J connectivity index is 2.18. The fraction of sp³-hybridized carbons (Fsp3) is 0.600. The molecule has 0 saturated heterocycles. The number of hydrogen-bond donors (Lipinski definition) is 0. The standard InChI is InChI=1S/C25H32ClFN6O4/c1-10-25(28-9)14(2)11-16(15(25)12-27)32-13-29-17-18(26)30-20(31-19(17)32)33(21(34)36-23(3,4)5)22(35)37-24(6,7)8/h12-14,16H,10-11H2,1-8H3/b15-12+/t14-,16-,25-/m0/s1. The lowest BCUT2D eigenvalue weighted by Gasteiger charge is -2.27. The third kappa shape index (κ3) is 5.39. The van der Waals surface area contributed by atoms with E-state index in [4.69, 9.17) is 27.6 Å². The minimum Gasteiger partial charge on any atom is -0.443 e. The van der Waals surface area contributed by atoms with Gasteiger partial charge in [-0.05, 0) is 48.0 Å². The maximum Gasteiger partial charge on any atom is 0.427 e. The molecular weight excluding hydrogens is 503 g/mol. The first kappa shape index (κ1) is 28.3. The molecule has 0 bridgehead atoms. The number of imidazole rings is 1. The van der Waals surface area contributed by atoms with Crippen LogP contribution in [0.5, 0.6) is 0 Å². The lowest BCUT2D eigenvalue weighted by Crippen LogP contribution is -2.44. The van der Waals surface area contributed by atoms with Crippen molar-refractivity contribution in [1.82, 2.24) is 19.5 Å². The number of hydrogen-bond acceptors (Lipinski definition) is 7. The van der Waals surface area contributed by atoms with E-state index in [1.165, 1.54) is 6.33 Å². The number of rotatable bonds is 3. The highest BCUT2D eigenvalue weighted by molar-refractivity contribution is 6.33. The van der Waals surface area contributed by atoms with E-state index in [-0.39, 0.29) is 28.2 Å². The summed E-state index contributed by atoms with van der Waals surface area (Å²) in [5.74, 6) is -0.525. The average molecular weight is 535 g/mol. The number of halogens is 2. The van der Waals surface area contributed by atoms with Gasteiger partial charge in [-0.3, -0.25) is 0 Å². The summed E-state index contributed by atoms with van der Waals surface area (Å²) in [6.45, 7) is 21.4. The molecule has 10 nitrogen and oxygen atoms in total. The number of ether oxygens (including phenoxy) is 2. The Hall–Kier alpha value is -3.26. The van der Waals surface area contributed by atoms with Gasteiger partial charge in [0.15, 0.2) is 10.8 Å².